The first-order valence-electron chi connectivity index (χ1n) is 12.2. The van der Waals surface area contributed by atoms with Crippen LogP contribution in [0.4, 0.5) is 16.2 Å². The lowest BCUT2D eigenvalue weighted by Crippen LogP contribution is -2.51. The maximum absolute atomic E-state index is 13.0. The third kappa shape index (κ3) is 8.55. The number of rotatable bonds is 11. The van der Waals surface area contributed by atoms with E-state index in [0.717, 1.165) is 5.56 Å². The number of anilines is 2. The van der Waals surface area contributed by atoms with E-state index in [-0.39, 0.29) is 12.2 Å². The molecule has 1 unspecified atom stereocenters. The number of nitrogen functional groups attached to an aromatic ring is 1. The SMILES string of the molecule is NC(=O)OCC(=O)NCC(=O)NC(Cc1ccccc1)C(=O)NCC(=O)Nc1ccc(N)c2c1CCCC2=O. The molecule has 1 atom stereocenters. The lowest BCUT2D eigenvalue weighted by atomic mass is 9.88. The Kier molecular flexibility index (Phi) is 9.95. The van der Waals surface area contributed by atoms with Gasteiger partial charge in [0.25, 0.3) is 5.91 Å². The van der Waals surface area contributed by atoms with Gasteiger partial charge in [0.15, 0.2) is 12.4 Å². The molecule has 0 fully saturated rings. The van der Waals surface area contributed by atoms with Gasteiger partial charge in [-0.25, -0.2) is 4.79 Å². The van der Waals surface area contributed by atoms with E-state index in [4.69, 9.17) is 11.5 Å². The van der Waals surface area contributed by atoms with Gasteiger partial charge in [-0.15, -0.1) is 0 Å². The van der Waals surface area contributed by atoms with Crippen LogP contribution in [0.5, 0.6) is 0 Å². The zero-order valence-corrected chi connectivity index (χ0v) is 21.1. The number of amides is 5. The molecule has 3 rings (SSSR count). The Hall–Kier alpha value is -4.94. The fraction of sp³-hybridized carbons (Fsp3) is 0.308. The van der Waals surface area contributed by atoms with Crippen molar-refractivity contribution in [3.8, 4) is 0 Å². The van der Waals surface area contributed by atoms with E-state index >= 15 is 0 Å². The fourth-order valence-electron chi connectivity index (χ4n) is 4.08. The maximum Gasteiger partial charge on any atom is 0.405 e. The Morgan fingerprint density at radius 2 is 1.62 bits per heavy atom. The third-order valence-electron chi connectivity index (χ3n) is 5.88. The highest BCUT2D eigenvalue weighted by molar-refractivity contribution is 6.06. The van der Waals surface area contributed by atoms with Crippen LogP contribution < -0.4 is 32.7 Å². The first-order valence-corrected chi connectivity index (χ1v) is 12.2. The summed E-state index contributed by atoms with van der Waals surface area (Å²) in [6.45, 7) is -1.54. The number of Topliss-reactive ketones (excluding diaryl/α,β-unsaturated/α-hetero) is 1. The Morgan fingerprint density at radius 3 is 2.33 bits per heavy atom. The van der Waals surface area contributed by atoms with Gasteiger partial charge >= 0.3 is 6.09 Å². The minimum Gasteiger partial charge on any atom is -0.440 e. The van der Waals surface area contributed by atoms with Gasteiger partial charge in [-0.2, -0.15) is 0 Å². The van der Waals surface area contributed by atoms with Gasteiger partial charge < -0.3 is 37.5 Å². The van der Waals surface area contributed by atoms with Gasteiger partial charge in [0.1, 0.15) is 6.04 Å². The van der Waals surface area contributed by atoms with Crippen molar-refractivity contribution in [2.75, 3.05) is 30.7 Å². The van der Waals surface area contributed by atoms with Gasteiger partial charge in [-0.3, -0.25) is 24.0 Å². The van der Waals surface area contributed by atoms with Crippen molar-refractivity contribution < 1.29 is 33.5 Å². The van der Waals surface area contributed by atoms with Crippen molar-refractivity contribution in [3.63, 3.8) is 0 Å². The monoisotopic (exact) mass is 538 g/mol. The number of hydrogen-bond donors (Lipinski definition) is 6. The summed E-state index contributed by atoms with van der Waals surface area (Å²) in [6, 6.07) is 11.0. The molecule has 0 spiro atoms. The Bertz CT molecular complexity index is 1260. The smallest absolute Gasteiger partial charge is 0.405 e. The highest BCUT2D eigenvalue weighted by Gasteiger charge is 2.25. The molecule has 8 N–H and O–H groups in total. The molecule has 5 amide bonds. The Morgan fingerprint density at radius 1 is 0.897 bits per heavy atom. The molecule has 2 aromatic rings. The van der Waals surface area contributed by atoms with E-state index in [0.29, 0.717) is 41.8 Å². The summed E-state index contributed by atoms with van der Waals surface area (Å²) in [7, 11) is 0. The molecule has 0 bridgehead atoms. The zero-order valence-electron chi connectivity index (χ0n) is 21.1. The van der Waals surface area contributed by atoms with Gasteiger partial charge in [-0.1, -0.05) is 30.3 Å². The second kappa shape index (κ2) is 13.6. The standard InChI is InChI=1S/C26H30N6O7/c27-17-9-10-18(16-7-4-8-20(33)24(16)17)31-22(35)13-30-25(37)19(11-15-5-2-1-3-6-15)32-21(34)12-29-23(36)14-39-26(28)38/h1-3,5-6,9-10,19H,4,7-8,11-14,27H2,(H2,28,38)(H,29,36)(H,30,37)(H,31,35)(H,32,34). The molecule has 206 valence electrons. The molecule has 13 nitrogen and oxygen atoms in total. The van der Waals surface area contributed by atoms with Crippen LogP contribution in [0.3, 0.4) is 0 Å². The third-order valence-corrected chi connectivity index (χ3v) is 5.88. The first-order chi connectivity index (χ1) is 18.6. The first kappa shape index (κ1) is 28.6. The summed E-state index contributed by atoms with van der Waals surface area (Å²) in [5.41, 5.74) is 13.4. The van der Waals surface area contributed by atoms with Gasteiger partial charge in [0, 0.05) is 29.8 Å². The molecule has 0 heterocycles. The molecule has 0 radical (unpaired) electrons. The lowest BCUT2D eigenvalue weighted by molar-refractivity contribution is -0.130. The predicted molar refractivity (Wildman–Crippen MR) is 140 cm³/mol. The van der Waals surface area contributed by atoms with E-state index in [1.54, 1.807) is 42.5 Å². The second-order valence-electron chi connectivity index (χ2n) is 8.79. The summed E-state index contributed by atoms with van der Waals surface area (Å²) in [5.74, 6) is -2.66. The molecule has 1 aliphatic carbocycles. The van der Waals surface area contributed by atoms with Crippen LogP contribution in [-0.2, 0) is 36.8 Å². The number of nitrogens with two attached hydrogens (primary N) is 2. The van der Waals surface area contributed by atoms with Crippen LogP contribution in [0.1, 0.15) is 34.3 Å². The van der Waals surface area contributed by atoms with Gasteiger partial charge in [0.05, 0.1) is 13.1 Å². The molecule has 13 heteroatoms. The Labute approximate surface area is 224 Å². The molecule has 39 heavy (non-hydrogen) atoms. The second-order valence-corrected chi connectivity index (χ2v) is 8.79. The molecule has 0 saturated carbocycles. The number of ketones is 1. The fourth-order valence-corrected chi connectivity index (χ4v) is 4.08. The summed E-state index contributed by atoms with van der Waals surface area (Å²) >= 11 is 0. The molecule has 0 aliphatic heterocycles. The van der Waals surface area contributed by atoms with Crippen LogP contribution >= 0.6 is 0 Å². The van der Waals surface area contributed by atoms with Crippen molar-refractivity contribution >= 4 is 46.9 Å². The number of fused-ring (bicyclic) bond motifs is 1. The van der Waals surface area contributed by atoms with Crippen molar-refractivity contribution in [1.29, 1.82) is 0 Å². The normalized spacial score (nSPS) is 12.9. The minimum atomic E-state index is -1.14. The zero-order chi connectivity index (χ0) is 28.4. The van der Waals surface area contributed by atoms with Gasteiger partial charge in [0.2, 0.25) is 17.7 Å². The number of carbonyl (C=O) groups excluding carboxylic acids is 6. The van der Waals surface area contributed by atoms with Crippen LogP contribution in [0.25, 0.3) is 0 Å². The summed E-state index contributed by atoms with van der Waals surface area (Å²) in [6.07, 6.45) is 0.609. The van der Waals surface area contributed by atoms with E-state index < -0.39 is 55.5 Å². The predicted octanol–water partition coefficient (Wildman–Crippen LogP) is -0.218. The number of ether oxygens (including phenoxy) is 1. The van der Waals surface area contributed by atoms with Crippen LogP contribution in [0.15, 0.2) is 42.5 Å². The van der Waals surface area contributed by atoms with E-state index in [1.165, 1.54) is 0 Å². The summed E-state index contributed by atoms with van der Waals surface area (Å²) in [5, 5.41) is 10.00. The van der Waals surface area contributed by atoms with Crippen molar-refractivity contribution in [1.82, 2.24) is 16.0 Å². The molecule has 0 saturated heterocycles. The largest absolute Gasteiger partial charge is 0.440 e. The minimum absolute atomic E-state index is 0.0748. The molecule has 0 aromatic heterocycles. The highest BCUT2D eigenvalue weighted by Crippen LogP contribution is 2.32. The maximum atomic E-state index is 13.0. The highest BCUT2D eigenvalue weighted by atomic mass is 16.5. The molecular formula is C26H30N6O7. The van der Waals surface area contributed by atoms with E-state index in [2.05, 4.69) is 26.0 Å². The number of nitrogens with one attached hydrogen (secondary N) is 4. The quantitative estimate of drug-likeness (QED) is 0.210. The average molecular weight is 539 g/mol. The number of hydrogen-bond acceptors (Lipinski definition) is 8. The van der Waals surface area contributed by atoms with Crippen molar-refractivity contribution in [2.24, 2.45) is 5.73 Å². The summed E-state index contributed by atoms with van der Waals surface area (Å²) < 4.78 is 4.34. The number of primary amides is 1. The topological polar surface area (TPSA) is 212 Å². The average Bonchev–Trinajstić information content (AvgIpc) is 2.91. The van der Waals surface area contributed by atoms with E-state index in [1.807, 2.05) is 0 Å². The van der Waals surface area contributed by atoms with Crippen LogP contribution in [-0.4, -0.2) is 61.2 Å². The van der Waals surface area contributed by atoms with Crippen molar-refractivity contribution in [3.05, 3.63) is 59.2 Å². The number of carbonyl (C=O) groups is 6. The number of benzene rings is 2. The van der Waals surface area contributed by atoms with E-state index in [9.17, 15) is 28.8 Å². The van der Waals surface area contributed by atoms with Crippen LogP contribution in [0, 0.1) is 0 Å². The Balaban J connectivity index is 1.60. The lowest BCUT2D eigenvalue weighted by Gasteiger charge is -2.21. The van der Waals surface area contributed by atoms with Crippen molar-refractivity contribution in [2.45, 2.75) is 31.7 Å². The molecular weight excluding hydrogens is 508 g/mol. The molecule has 2 aromatic carbocycles. The summed E-state index contributed by atoms with van der Waals surface area (Å²) in [4.78, 5) is 72.5. The van der Waals surface area contributed by atoms with Crippen LogP contribution in [0.2, 0.25) is 0 Å². The molecule has 1 aliphatic rings. The van der Waals surface area contributed by atoms with Gasteiger partial charge in [-0.05, 0) is 36.1 Å².